The number of rotatable bonds is 12. The summed E-state index contributed by atoms with van der Waals surface area (Å²) in [6.07, 6.45) is -0.578. The molecule has 0 spiro atoms. The smallest absolute Gasteiger partial charge is 0.227 e. The number of hydrogen-bond acceptors (Lipinski definition) is 5. The van der Waals surface area contributed by atoms with Crippen LogP contribution in [0, 0.1) is 12.8 Å². The molecule has 0 radical (unpaired) electrons. The third-order valence-corrected chi connectivity index (χ3v) is 5.72. The van der Waals surface area contributed by atoms with E-state index in [1.807, 2.05) is 54.1 Å². The SMILES string of the molecule is Cc1nn(-c2ccccc2)c(Oc2ccc(Cl)cc2)c1CN(CC(O)COCC(C)C)C(C)C. The highest BCUT2D eigenvalue weighted by Crippen LogP contribution is 2.32. The van der Waals surface area contributed by atoms with Crippen LogP contribution in [0.25, 0.3) is 5.69 Å². The number of aliphatic hydroxyl groups excluding tert-OH is 1. The predicted molar refractivity (Wildman–Crippen MR) is 137 cm³/mol. The minimum absolute atomic E-state index is 0.211. The molecule has 3 rings (SSSR count). The first-order valence-corrected chi connectivity index (χ1v) is 12.2. The zero-order valence-electron chi connectivity index (χ0n) is 20.7. The van der Waals surface area contributed by atoms with E-state index >= 15 is 0 Å². The van der Waals surface area contributed by atoms with Crippen molar-refractivity contribution in [2.45, 2.75) is 53.3 Å². The Bertz CT molecular complexity index is 1020. The second-order valence-corrected chi connectivity index (χ2v) is 9.72. The molecule has 0 saturated heterocycles. The van der Waals surface area contributed by atoms with Gasteiger partial charge < -0.3 is 14.6 Å². The Morgan fingerprint density at radius 3 is 2.29 bits per heavy atom. The van der Waals surface area contributed by atoms with E-state index < -0.39 is 6.10 Å². The van der Waals surface area contributed by atoms with Crippen molar-refractivity contribution in [1.29, 1.82) is 0 Å². The molecule has 6 nitrogen and oxygen atoms in total. The summed E-state index contributed by atoms with van der Waals surface area (Å²) in [6.45, 7) is 12.5. The molecule has 184 valence electrons. The van der Waals surface area contributed by atoms with Crippen LogP contribution in [-0.2, 0) is 11.3 Å². The van der Waals surface area contributed by atoms with Gasteiger partial charge >= 0.3 is 0 Å². The van der Waals surface area contributed by atoms with Gasteiger partial charge in [-0.15, -0.1) is 0 Å². The van der Waals surface area contributed by atoms with Gasteiger partial charge in [-0.3, -0.25) is 4.90 Å². The highest BCUT2D eigenvalue weighted by Gasteiger charge is 2.24. The summed E-state index contributed by atoms with van der Waals surface area (Å²) < 4.78 is 13.9. The number of ether oxygens (including phenoxy) is 2. The van der Waals surface area contributed by atoms with Crippen molar-refractivity contribution in [1.82, 2.24) is 14.7 Å². The van der Waals surface area contributed by atoms with Crippen molar-refractivity contribution in [2.24, 2.45) is 5.92 Å². The largest absolute Gasteiger partial charge is 0.439 e. The molecule has 0 amide bonds. The van der Waals surface area contributed by atoms with E-state index in [4.69, 9.17) is 26.2 Å². The molecule has 0 aliphatic rings. The highest BCUT2D eigenvalue weighted by molar-refractivity contribution is 6.30. The predicted octanol–water partition coefficient (Wildman–Crippen LogP) is 5.87. The molecule has 1 N–H and O–H groups in total. The standard InChI is InChI=1S/C27H36ClN3O3/c1-19(2)17-33-18-24(32)15-30(20(3)4)16-26-21(5)29-31(23-9-7-6-8-10-23)27(26)34-25-13-11-22(28)12-14-25/h6-14,19-20,24,32H,15-18H2,1-5H3. The van der Waals surface area contributed by atoms with Crippen molar-refractivity contribution in [3.8, 4) is 17.3 Å². The molecule has 3 aromatic rings. The number of aromatic nitrogens is 2. The number of aliphatic hydroxyl groups is 1. The summed E-state index contributed by atoms with van der Waals surface area (Å²) in [5, 5.41) is 16.1. The number of para-hydroxylation sites is 1. The molecule has 7 heteroatoms. The lowest BCUT2D eigenvalue weighted by molar-refractivity contribution is 0.00161. The van der Waals surface area contributed by atoms with Gasteiger partial charge in [0.1, 0.15) is 5.75 Å². The van der Waals surface area contributed by atoms with Crippen LogP contribution in [0.15, 0.2) is 54.6 Å². The zero-order valence-corrected chi connectivity index (χ0v) is 21.5. The van der Waals surface area contributed by atoms with E-state index in [1.54, 1.807) is 12.1 Å². The molecule has 0 bridgehead atoms. The molecule has 34 heavy (non-hydrogen) atoms. The van der Waals surface area contributed by atoms with Crippen molar-refractivity contribution in [3.05, 3.63) is 70.9 Å². The van der Waals surface area contributed by atoms with Crippen molar-refractivity contribution in [2.75, 3.05) is 19.8 Å². The average molecular weight is 486 g/mol. The first-order chi connectivity index (χ1) is 16.2. The minimum Gasteiger partial charge on any atom is -0.439 e. The van der Waals surface area contributed by atoms with Crippen LogP contribution in [-0.4, -0.2) is 51.7 Å². The van der Waals surface area contributed by atoms with Gasteiger partial charge in [-0.1, -0.05) is 43.6 Å². The lowest BCUT2D eigenvalue weighted by atomic mass is 10.2. The van der Waals surface area contributed by atoms with Gasteiger partial charge in [0.25, 0.3) is 0 Å². The van der Waals surface area contributed by atoms with Gasteiger partial charge in [0.2, 0.25) is 5.88 Å². The van der Waals surface area contributed by atoms with Gasteiger partial charge in [-0.05, 0) is 63.1 Å². The molecule has 0 saturated carbocycles. The van der Waals surface area contributed by atoms with Gasteiger partial charge in [0.15, 0.2) is 0 Å². The van der Waals surface area contributed by atoms with Crippen LogP contribution in [0.3, 0.4) is 0 Å². The van der Waals surface area contributed by atoms with E-state index in [0.29, 0.717) is 48.9 Å². The maximum Gasteiger partial charge on any atom is 0.227 e. The Balaban J connectivity index is 1.89. The second-order valence-electron chi connectivity index (χ2n) is 9.28. The second kappa shape index (κ2) is 12.4. The molecule has 1 unspecified atom stereocenters. The molecular formula is C27H36ClN3O3. The van der Waals surface area contributed by atoms with E-state index in [1.165, 1.54) is 0 Å². The zero-order chi connectivity index (χ0) is 24.7. The number of benzene rings is 2. The Morgan fingerprint density at radius 1 is 1.00 bits per heavy atom. The Hall–Kier alpha value is -2.38. The molecule has 1 aromatic heterocycles. The normalized spacial score (nSPS) is 12.6. The number of aryl methyl sites for hydroxylation is 1. The highest BCUT2D eigenvalue weighted by atomic mass is 35.5. The van der Waals surface area contributed by atoms with Crippen LogP contribution in [0.5, 0.6) is 11.6 Å². The summed E-state index contributed by atoms with van der Waals surface area (Å²) in [5.74, 6) is 1.77. The summed E-state index contributed by atoms with van der Waals surface area (Å²) in [6, 6.07) is 17.5. The Morgan fingerprint density at radius 2 is 1.68 bits per heavy atom. The van der Waals surface area contributed by atoms with Gasteiger partial charge in [-0.2, -0.15) is 5.10 Å². The van der Waals surface area contributed by atoms with Crippen LogP contribution in [0.1, 0.15) is 39.0 Å². The lowest BCUT2D eigenvalue weighted by Gasteiger charge is -2.29. The maximum atomic E-state index is 10.6. The van der Waals surface area contributed by atoms with Crippen LogP contribution < -0.4 is 4.74 Å². The summed E-state index contributed by atoms with van der Waals surface area (Å²) >= 11 is 6.07. The average Bonchev–Trinajstić information content (AvgIpc) is 3.10. The van der Waals surface area contributed by atoms with E-state index in [2.05, 4.69) is 32.6 Å². The molecular weight excluding hydrogens is 450 g/mol. The van der Waals surface area contributed by atoms with Crippen molar-refractivity contribution >= 4 is 11.6 Å². The van der Waals surface area contributed by atoms with Crippen LogP contribution in [0.2, 0.25) is 5.02 Å². The van der Waals surface area contributed by atoms with Gasteiger partial charge in [0.05, 0.1) is 29.7 Å². The fourth-order valence-electron chi connectivity index (χ4n) is 3.61. The molecule has 0 aliphatic heterocycles. The minimum atomic E-state index is -0.578. The van der Waals surface area contributed by atoms with E-state index in [0.717, 1.165) is 16.9 Å². The quantitative estimate of drug-likeness (QED) is 0.347. The molecule has 1 atom stereocenters. The van der Waals surface area contributed by atoms with Gasteiger partial charge in [-0.25, -0.2) is 4.68 Å². The first-order valence-electron chi connectivity index (χ1n) is 11.8. The molecule has 0 fully saturated rings. The lowest BCUT2D eigenvalue weighted by Crippen LogP contribution is -2.39. The Labute approximate surface area is 208 Å². The van der Waals surface area contributed by atoms with E-state index in [-0.39, 0.29) is 6.04 Å². The molecule has 2 aromatic carbocycles. The Kier molecular flexibility index (Phi) is 9.54. The summed E-state index contributed by atoms with van der Waals surface area (Å²) in [5.41, 5.74) is 2.77. The maximum absolute atomic E-state index is 10.6. The van der Waals surface area contributed by atoms with Crippen molar-refractivity contribution < 1.29 is 14.6 Å². The molecule has 0 aliphatic carbocycles. The fourth-order valence-corrected chi connectivity index (χ4v) is 3.73. The fraction of sp³-hybridized carbons (Fsp3) is 0.444. The number of hydrogen-bond donors (Lipinski definition) is 1. The van der Waals surface area contributed by atoms with Crippen molar-refractivity contribution in [3.63, 3.8) is 0 Å². The molecule has 1 heterocycles. The summed E-state index contributed by atoms with van der Waals surface area (Å²) in [7, 11) is 0. The van der Waals surface area contributed by atoms with Crippen LogP contribution in [0.4, 0.5) is 0 Å². The van der Waals surface area contributed by atoms with E-state index in [9.17, 15) is 5.11 Å². The third-order valence-electron chi connectivity index (χ3n) is 5.46. The van der Waals surface area contributed by atoms with Gasteiger partial charge in [0, 0.05) is 30.8 Å². The first kappa shape index (κ1) is 26.2. The van der Waals surface area contributed by atoms with Crippen LogP contribution >= 0.6 is 11.6 Å². The topological polar surface area (TPSA) is 59.8 Å². The third kappa shape index (κ3) is 7.31. The summed E-state index contributed by atoms with van der Waals surface area (Å²) in [4.78, 5) is 2.22. The monoisotopic (exact) mass is 485 g/mol. The number of nitrogens with zero attached hydrogens (tertiary/aromatic N) is 3. The number of halogens is 1.